The molecule has 1 fully saturated rings. The van der Waals surface area contributed by atoms with Gasteiger partial charge in [-0.3, -0.25) is 4.79 Å². The zero-order valence-electron chi connectivity index (χ0n) is 11.1. The number of amides is 1. The molecule has 0 aliphatic carbocycles. The van der Waals surface area contributed by atoms with Crippen molar-refractivity contribution in [3.05, 3.63) is 29.8 Å². The number of morpholine rings is 1. The van der Waals surface area contributed by atoms with E-state index < -0.39 is 0 Å². The Morgan fingerprint density at radius 2 is 2.26 bits per heavy atom. The molecule has 0 bridgehead atoms. The fourth-order valence-corrected chi connectivity index (χ4v) is 1.83. The van der Waals surface area contributed by atoms with Crippen molar-refractivity contribution in [2.75, 3.05) is 32.8 Å². The molecule has 1 aliphatic heterocycles. The summed E-state index contributed by atoms with van der Waals surface area (Å²) in [6, 6.07) is 7.83. The smallest absolute Gasteiger partial charge is 0.250 e. The summed E-state index contributed by atoms with van der Waals surface area (Å²) >= 11 is 0. The first-order valence-electron chi connectivity index (χ1n) is 6.55. The van der Waals surface area contributed by atoms with Gasteiger partial charge in [-0.15, -0.1) is 0 Å². The fourth-order valence-electron chi connectivity index (χ4n) is 1.83. The van der Waals surface area contributed by atoms with Crippen LogP contribution >= 0.6 is 0 Å². The molecule has 19 heavy (non-hydrogen) atoms. The molecule has 2 N–H and O–H groups in total. The summed E-state index contributed by atoms with van der Waals surface area (Å²) in [7, 11) is 0. The molecular formula is C14H20N2O3. The van der Waals surface area contributed by atoms with Gasteiger partial charge < -0.3 is 20.1 Å². The second-order valence-electron chi connectivity index (χ2n) is 4.52. The second-order valence-corrected chi connectivity index (χ2v) is 4.52. The van der Waals surface area contributed by atoms with Crippen LogP contribution < -0.4 is 15.4 Å². The topological polar surface area (TPSA) is 59.6 Å². The van der Waals surface area contributed by atoms with Crippen LogP contribution in [0.4, 0.5) is 0 Å². The van der Waals surface area contributed by atoms with Crippen molar-refractivity contribution in [1.29, 1.82) is 0 Å². The van der Waals surface area contributed by atoms with Gasteiger partial charge in [-0.2, -0.15) is 0 Å². The van der Waals surface area contributed by atoms with Crippen LogP contribution in [-0.4, -0.2) is 44.9 Å². The van der Waals surface area contributed by atoms with Gasteiger partial charge in [-0.25, -0.2) is 0 Å². The molecule has 2 rings (SSSR count). The number of benzene rings is 1. The van der Waals surface area contributed by atoms with Crippen LogP contribution in [0, 0.1) is 6.92 Å². The molecule has 1 unspecified atom stereocenters. The van der Waals surface area contributed by atoms with Crippen molar-refractivity contribution < 1.29 is 14.3 Å². The number of aryl methyl sites for hydroxylation is 1. The van der Waals surface area contributed by atoms with Crippen LogP contribution in [0.3, 0.4) is 0 Å². The van der Waals surface area contributed by atoms with Crippen LogP contribution in [0.1, 0.15) is 5.56 Å². The number of hydrogen-bond donors (Lipinski definition) is 2. The number of carbonyl (C=O) groups is 1. The SMILES string of the molecule is Cc1ccc(OCCNC(=O)C2CNCCO2)cc1. The zero-order valence-corrected chi connectivity index (χ0v) is 11.1. The third-order valence-electron chi connectivity index (χ3n) is 2.91. The lowest BCUT2D eigenvalue weighted by molar-refractivity contribution is -0.134. The van der Waals surface area contributed by atoms with E-state index in [2.05, 4.69) is 10.6 Å². The molecule has 1 aromatic carbocycles. The van der Waals surface area contributed by atoms with Gasteiger partial charge in [0.2, 0.25) is 0 Å². The minimum Gasteiger partial charge on any atom is -0.492 e. The van der Waals surface area contributed by atoms with Gasteiger partial charge in [0, 0.05) is 13.1 Å². The monoisotopic (exact) mass is 264 g/mol. The highest BCUT2D eigenvalue weighted by Crippen LogP contribution is 2.10. The molecule has 104 valence electrons. The quantitative estimate of drug-likeness (QED) is 0.759. The van der Waals surface area contributed by atoms with E-state index in [-0.39, 0.29) is 12.0 Å². The van der Waals surface area contributed by atoms with Gasteiger partial charge in [0.05, 0.1) is 13.2 Å². The minimum absolute atomic E-state index is 0.0836. The molecule has 0 aromatic heterocycles. The summed E-state index contributed by atoms with van der Waals surface area (Å²) in [6.07, 6.45) is -0.381. The fraction of sp³-hybridized carbons (Fsp3) is 0.500. The van der Waals surface area contributed by atoms with Gasteiger partial charge in [-0.05, 0) is 19.1 Å². The Bertz CT molecular complexity index is 400. The van der Waals surface area contributed by atoms with Crippen molar-refractivity contribution in [3.8, 4) is 5.75 Å². The standard InChI is InChI=1S/C14H20N2O3/c1-11-2-4-12(5-3-11)18-9-7-16-14(17)13-10-15-6-8-19-13/h2-5,13,15H,6-10H2,1H3,(H,16,17). The molecule has 0 saturated carbocycles. The van der Waals surface area contributed by atoms with Gasteiger partial charge in [0.15, 0.2) is 0 Å². The predicted molar refractivity (Wildman–Crippen MR) is 72.3 cm³/mol. The highest BCUT2D eigenvalue weighted by atomic mass is 16.5. The molecule has 5 nitrogen and oxygen atoms in total. The van der Waals surface area contributed by atoms with Crippen LogP contribution in [0.25, 0.3) is 0 Å². The number of nitrogens with one attached hydrogen (secondary N) is 2. The third-order valence-corrected chi connectivity index (χ3v) is 2.91. The Kier molecular flexibility index (Phi) is 5.18. The van der Waals surface area contributed by atoms with Crippen LogP contribution in [0.2, 0.25) is 0 Å². The average molecular weight is 264 g/mol. The average Bonchev–Trinajstić information content (AvgIpc) is 2.46. The molecule has 1 saturated heterocycles. The maximum Gasteiger partial charge on any atom is 0.250 e. The van der Waals surface area contributed by atoms with Crippen LogP contribution in [0.5, 0.6) is 5.75 Å². The van der Waals surface area contributed by atoms with Crippen molar-refractivity contribution >= 4 is 5.91 Å². The van der Waals surface area contributed by atoms with E-state index in [1.165, 1.54) is 5.56 Å². The molecule has 1 heterocycles. The third kappa shape index (κ3) is 4.54. The van der Waals surface area contributed by atoms with E-state index in [9.17, 15) is 4.79 Å². The van der Waals surface area contributed by atoms with E-state index >= 15 is 0 Å². The lowest BCUT2D eigenvalue weighted by Crippen LogP contribution is -2.48. The molecular weight excluding hydrogens is 244 g/mol. The van der Waals surface area contributed by atoms with Gasteiger partial charge >= 0.3 is 0 Å². The highest BCUT2D eigenvalue weighted by Gasteiger charge is 2.20. The van der Waals surface area contributed by atoms with Crippen molar-refractivity contribution in [3.63, 3.8) is 0 Å². The molecule has 1 atom stereocenters. The summed E-state index contributed by atoms with van der Waals surface area (Å²) < 4.78 is 10.9. The van der Waals surface area contributed by atoms with Gasteiger partial charge in [-0.1, -0.05) is 17.7 Å². The van der Waals surface area contributed by atoms with E-state index in [0.29, 0.717) is 26.3 Å². The maximum absolute atomic E-state index is 11.7. The number of hydrogen-bond acceptors (Lipinski definition) is 4. The first kappa shape index (κ1) is 13.8. The number of rotatable bonds is 5. The van der Waals surface area contributed by atoms with Crippen molar-refractivity contribution in [2.45, 2.75) is 13.0 Å². The first-order valence-corrected chi connectivity index (χ1v) is 6.55. The Labute approximate surface area is 113 Å². The molecule has 1 amide bonds. The Balaban J connectivity index is 1.63. The summed E-state index contributed by atoms with van der Waals surface area (Å²) in [5, 5.41) is 5.93. The van der Waals surface area contributed by atoms with Crippen LogP contribution in [0.15, 0.2) is 24.3 Å². The van der Waals surface area contributed by atoms with Gasteiger partial charge in [0.1, 0.15) is 18.5 Å². The van der Waals surface area contributed by atoms with Crippen molar-refractivity contribution in [2.24, 2.45) is 0 Å². The molecule has 0 spiro atoms. The summed E-state index contributed by atoms with van der Waals surface area (Å²) in [5.41, 5.74) is 1.20. The summed E-state index contributed by atoms with van der Waals surface area (Å²) in [6.45, 7) is 4.92. The molecule has 1 aliphatic rings. The lowest BCUT2D eigenvalue weighted by Gasteiger charge is -2.22. The Hall–Kier alpha value is -1.59. The largest absolute Gasteiger partial charge is 0.492 e. The summed E-state index contributed by atoms with van der Waals surface area (Å²) in [4.78, 5) is 11.7. The van der Waals surface area contributed by atoms with Crippen molar-refractivity contribution in [1.82, 2.24) is 10.6 Å². The Morgan fingerprint density at radius 3 is 2.95 bits per heavy atom. The molecule has 1 aromatic rings. The predicted octanol–water partition coefficient (Wildman–Crippen LogP) is 0.478. The summed E-state index contributed by atoms with van der Waals surface area (Å²) in [5.74, 6) is 0.732. The maximum atomic E-state index is 11.7. The first-order chi connectivity index (χ1) is 9.25. The number of carbonyl (C=O) groups excluding carboxylic acids is 1. The van der Waals surface area contributed by atoms with E-state index in [1.54, 1.807) is 0 Å². The van der Waals surface area contributed by atoms with E-state index in [1.807, 2.05) is 31.2 Å². The number of ether oxygens (including phenoxy) is 2. The normalized spacial score (nSPS) is 18.9. The second kappa shape index (κ2) is 7.11. The zero-order chi connectivity index (χ0) is 13.5. The lowest BCUT2D eigenvalue weighted by atomic mass is 10.2. The molecule has 0 radical (unpaired) electrons. The van der Waals surface area contributed by atoms with Crippen LogP contribution in [-0.2, 0) is 9.53 Å². The highest BCUT2D eigenvalue weighted by molar-refractivity contribution is 5.81. The molecule has 5 heteroatoms. The van der Waals surface area contributed by atoms with E-state index in [4.69, 9.17) is 9.47 Å². The van der Waals surface area contributed by atoms with Gasteiger partial charge in [0.25, 0.3) is 5.91 Å². The van der Waals surface area contributed by atoms with E-state index in [0.717, 1.165) is 12.3 Å². The minimum atomic E-state index is -0.381. The Morgan fingerprint density at radius 1 is 1.47 bits per heavy atom.